The zero-order valence-electron chi connectivity index (χ0n) is 6.70. The lowest BCUT2D eigenvalue weighted by Gasteiger charge is -2.06. The van der Waals surface area contributed by atoms with Crippen molar-refractivity contribution in [3.05, 3.63) is 22.0 Å². The molecule has 1 aromatic heterocycles. The van der Waals surface area contributed by atoms with Crippen LogP contribution < -0.4 is 5.56 Å². The molecule has 2 rings (SSSR count). The first-order chi connectivity index (χ1) is 5.70. The van der Waals surface area contributed by atoms with Crippen molar-refractivity contribution < 1.29 is 0 Å². The van der Waals surface area contributed by atoms with Crippen molar-refractivity contribution in [2.45, 2.75) is 16.3 Å². The third-order valence-electron chi connectivity index (χ3n) is 2.08. The van der Waals surface area contributed by atoms with Gasteiger partial charge in [-0.3, -0.25) is 4.79 Å². The van der Waals surface area contributed by atoms with Crippen molar-refractivity contribution in [3.63, 3.8) is 0 Å². The van der Waals surface area contributed by atoms with E-state index in [1.807, 2.05) is 0 Å². The van der Waals surface area contributed by atoms with Crippen LogP contribution in [0.2, 0.25) is 0 Å². The molecule has 0 saturated heterocycles. The number of hydrogen-bond donors (Lipinski definition) is 1. The van der Waals surface area contributed by atoms with Gasteiger partial charge in [0.2, 0.25) is 0 Å². The van der Waals surface area contributed by atoms with Crippen molar-refractivity contribution in [2.75, 3.05) is 5.75 Å². The smallest absolute Gasteiger partial charge is 0.252 e. The zero-order valence-corrected chi connectivity index (χ0v) is 8.41. The molecular weight excluding hydrogens is 190 g/mol. The Balaban J connectivity index is 2.76. The van der Waals surface area contributed by atoms with E-state index < -0.39 is 0 Å². The summed E-state index contributed by atoms with van der Waals surface area (Å²) in [4.78, 5) is 12.4. The summed E-state index contributed by atoms with van der Waals surface area (Å²) in [5.41, 5.74) is 1.26. The van der Waals surface area contributed by atoms with Crippen molar-refractivity contribution in [1.82, 2.24) is 4.57 Å². The van der Waals surface area contributed by atoms with Gasteiger partial charge >= 0.3 is 0 Å². The van der Waals surface area contributed by atoms with Crippen LogP contribution in [0.3, 0.4) is 0 Å². The monoisotopic (exact) mass is 199 g/mol. The van der Waals surface area contributed by atoms with Crippen molar-refractivity contribution >= 4 is 24.4 Å². The Morgan fingerprint density at radius 1 is 1.67 bits per heavy atom. The normalized spacial score (nSPS) is 14.8. The van der Waals surface area contributed by atoms with Crippen LogP contribution in [0.1, 0.15) is 5.56 Å². The number of rotatable bonds is 0. The van der Waals surface area contributed by atoms with E-state index in [2.05, 4.69) is 12.6 Å². The molecule has 0 radical (unpaired) electrons. The molecule has 0 atom stereocenters. The van der Waals surface area contributed by atoms with Gasteiger partial charge in [-0.2, -0.15) is 0 Å². The van der Waals surface area contributed by atoms with Crippen LogP contribution in [0.4, 0.5) is 0 Å². The maximum atomic E-state index is 11.3. The summed E-state index contributed by atoms with van der Waals surface area (Å²) in [6.45, 7) is 0. The van der Waals surface area contributed by atoms with Crippen LogP contribution in [0, 0.1) is 0 Å². The molecule has 0 bridgehead atoms. The van der Waals surface area contributed by atoms with Gasteiger partial charge in [-0.05, 0) is 12.0 Å². The summed E-state index contributed by atoms with van der Waals surface area (Å²) >= 11 is 6.06. The highest BCUT2D eigenvalue weighted by atomic mass is 32.2. The van der Waals surface area contributed by atoms with E-state index in [9.17, 15) is 4.79 Å². The number of hydrogen-bond acceptors (Lipinski definition) is 3. The summed E-state index contributed by atoms with van der Waals surface area (Å²) in [7, 11) is 1.76. The number of pyridine rings is 1. The lowest BCUT2D eigenvalue weighted by Crippen LogP contribution is -2.17. The summed E-state index contributed by atoms with van der Waals surface area (Å²) in [5, 5.41) is 0.822. The van der Waals surface area contributed by atoms with Crippen molar-refractivity contribution in [1.29, 1.82) is 0 Å². The van der Waals surface area contributed by atoms with Gasteiger partial charge in [0.25, 0.3) is 5.56 Å². The largest absolute Gasteiger partial charge is 0.306 e. The lowest BCUT2D eigenvalue weighted by molar-refractivity contribution is 0.734. The Labute approximate surface area is 80.4 Å². The van der Waals surface area contributed by atoms with Gasteiger partial charge < -0.3 is 4.57 Å². The van der Waals surface area contributed by atoms with Gasteiger partial charge in [0.1, 0.15) is 0 Å². The fraction of sp³-hybridized carbons (Fsp3) is 0.375. The Kier molecular flexibility index (Phi) is 1.96. The molecule has 2 nitrogen and oxygen atoms in total. The van der Waals surface area contributed by atoms with Crippen molar-refractivity contribution in [3.8, 4) is 0 Å². The van der Waals surface area contributed by atoms with Crippen LogP contribution in [-0.4, -0.2) is 10.3 Å². The maximum Gasteiger partial charge on any atom is 0.252 e. The number of thioether (sulfide) groups is 1. The molecule has 12 heavy (non-hydrogen) atoms. The summed E-state index contributed by atoms with van der Waals surface area (Å²) < 4.78 is 1.59. The van der Waals surface area contributed by atoms with Crippen LogP contribution in [0.25, 0.3) is 0 Å². The van der Waals surface area contributed by atoms with E-state index in [-0.39, 0.29) is 5.56 Å². The van der Waals surface area contributed by atoms with E-state index in [1.54, 1.807) is 29.4 Å². The standard InChI is InChI=1S/C8H9NOS2/c1-9-7(10)4-6-5(8(9)11)2-3-12-6/h4,11H,2-3H2,1H3. The molecule has 0 N–H and O–H groups in total. The molecule has 0 fully saturated rings. The van der Waals surface area contributed by atoms with E-state index in [0.29, 0.717) is 0 Å². The number of aromatic nitrogens is 1. The second-order valence-electron chi connectivity index (χ2n) is 2.81. The highest BCUT2D eigenvalue weighted by Gasteiger charge is 2.16. The Hall–Kier alpha value is -0.350. The minimum absolute atomic E-state index is 0.0353. The predicted molar refractivity (Wildman–Crippen MR) is 53.4 cm³/mol. The number of thiol groups is 1. The first-order valence-corrected chi connectivity index (χ1v) is 5.18. The summed E-state index contributed by atoms with van der Waals surface area (Å²) in [5.74, 6) is 1.08. The molecule has 64 valence electrons. The van der Waals surface area contributed by atoms with Gasteiger partial charge in [0.15, 0.2) is 0 Å². The minimum Gasteiger partial charge on any atom is -0.306 e. The highest BCUT2D eigenvalue weighted by Crippen LogP contribution is 2.33. The maximum absolute atomic E-state index is 11.3. The molecule has 0 amide bonds. The molecule has 1 aliphatic rings. The molecule has 1 aliphatic heterocycles. The van der Waals surface area contributed by atoms with Crippen LogP contribution in [0.5, 0.6) is 0 Å². The Morgan fingerprint density at radius 3 is 3.17 bits per heavy atom. The van der Waals surface area contributed by atoms with Crippen LogP contribution in [-0.2, 0) is 13.5 Å². The van der Waals surface area contributed by atoms with Gasteiger partial charge in [-0.15, -0.1) is 24.4 Å². The average molecular weight is 199 g/mol. The topological polar surface area (TPSA) is 22.0 Å². The SMILES string of the molecule is Cn1c(S)c2c(cc1=O)SCC2. The molecule has 0 spiro atoms. The molecule has 2 heterocycles. The lowest BCUT2D eigenvalue weighted by atomic mass is 10.2. The van der Waals surface area contributed by atoms with E-state index >= 15 is 0 Å². The van der Waals surface area contributed by atoms with E-state index in [1.165, 1.54) is 5.56 Å². The molecular formula is C8H9NOS2. The summed E-state index contributed by atoms with van der Waals surface area (Å²) in [6.07, 6.45) is 1.03. The predicted octanol–water partition coefficient (Wildman–Crippen LogP) is 1.32. The van der Waals surface area contributed by atoms with E-state index in [0.717, 1.165) is 22.1 Å². The Bertz CT molecular complexity index is 383. The van der Waals surface area contributed by atoms with Gasteiger partial charge in [0, 0.05) is 23.8 Å². The fourth-order valence-electron chi connectivity index (χ4n) is 1.34. The van der Waals surface area contributed by atoms with Gasteiger partial charge in [0.05, 0.1) is 5.03 Å². The van der Waals surface area contributed by atoms with Crippen LogP contribution >= 0.6 is 24.4 Å². The molecule has 0 saturated carbocycles. The highest BCUT2D eigenvalue weighted by molar-refractivity contribution is 7.99. The number of nitrogens with zero attached hydrogens (tertiary/aromatic N) is 1. The second-order valence-corrected chi connectivity index (χ2v) is 4.37. The molecule has 0 aliphatic carbocycles. The molecule has 0 aromatic carbocycles. The third-order valence-corrected chi connectivity index (χ3v) is 3.73. The number of fused-ring (bicyclic) bond motifs is 1. The quantitative estimate of drug-likeness (QED) is 0.637. The van der Waals surface area contributed by atoms with Gasteiger partial charge in [-0.25, -0.2) is 0 Å². The first-order valence-electron chi connectivity index (χ1n) is 3.75. The van der Waals surface area contributed by atoms with Gasteiger partial charge in [-0.1, -0.05) is 0 Å². The fourth-order valence-corrected chi connectivity index (χ4v) is 2.83. The molecule has 4 heteroatoms. The summed E-state index contributed by atoms with van der Waals surface area (Å²) in [6, 6.07) is 1.70. The molecule has 0 unspecified atom stereocenters. The van der Waals surface area contributed by atoms with Crippen molar-refractivity contribution in [2.24, 2.45) is 7.05 Å². The van der Waals surface area contributed by atoms with Crippen LogP contribution in [0.15, 0.2) is 20.8 Å². The first kappa shape index (κ1) is 8.26. The Morgan fingerprint density at radius 2 is 2.42 bits per heavy atom. The van der Waals surface area contributed by atoms with E-state index in [4.69, 9.17) is 0 Å². The zero-order chi connectivity index (χ0) is 8.72. The molecule has 1 aromatic rings. The third kappa shape index (κ3) is 1.10. The average Bonchev–Trinajstić information content (AvgIpc) is 2.48. The minimum atomic E-state index is 0.0353. The second kappa shape index (κ2) is 2.85.